The number of likely N-dealkylation sites (tertiary alicyclic amines) is 1. The van der Waals surface area contributed by atoms with Crippen LogP contribution in [-0.2, 0) is 19.1 Å². The number of nitrogens with zero attached hydrogens (tertiary/aromatic N) is 10. The molecule has 4 fully saturated rings. The molecule has 5 heterocycles. The third-order valence-corrected chi connectivity index (χ3v) is 8.96. The molecule has 1 aliphatic carbocycles. The highest BCUT2D eigenvalue weighted by atomic mass is 19.3. The van der Waals surface area contributed by atoms with E-state index in [1.807, 2.05) is 9.80 Å². The van der Waals surface area contributed by atoms with Gasteiger partial charge in [-0.1, -0.05) is 6.08 Å². The highest BCUT2D eigenvalue weighted by Gasteiger charge is 2.30. The molecule has 15 nitrogen and oxygen atoms in total. The molecule has 0 bridgehead atoms. The summed E-state index contributed by atoms with van der Waals surface area (Å²) >= 11 is 0. The summed E-state index contributed by atoms with van der Waals surface area (Å²) in [4.78, 5) is 54.3. The van der Waals surface area contributed by atoms with Crippen LogP contribution in [0.15, 0.2) is 17.8 Å². The lowest BCUT2D eigenvalue weighted by molar-refractivity contribution is -0.137. The van der Waals surface area contributed by atoms with Crippen LogP contribution >= 0.6 is 0 Å². The Morgan fingerprint density at radius 1 is 0.958 bits per heavy atom. The fraction of sp³-hybridized carbons (Fsp3) is 0.613. The van der Waals surface area contributed by atoms with E-state index in [-0.39, 0.29) is 47.2 Å². The molecular weight excluding hydrogens is 628 g/mol. The molecule has 17 heteroatoms. The number of hydrogen-bond acceptors (Lipinski definition) is 13. The van der Waals surface area contributed by atoms with Gasteiger partial charge in [-0.2, -0.15) is 20.2 Å². The summed E-state index contributed by atoms with van der Waals surface area (Å²) in [6.45, 7) is 5.16. The molecule has 0 atom stereocenters. The van der Waals surface area contributed by atoms with Crippen molar-refractivity contribution in [3.8, 4) is 17.5 Å². The second kappa shape index (κ2) is 15.1. The first-order valence-electron chi connectivity index (χ1n) is 16.3. The SMILES string of the molecule is N#C/C(=C/C1CC1)C(=O)N1CCC(COCC(=O)N2CCN(c3nc(-c4cnc(N)nc4C(F)F)nc(N4CCOCC4)n3)CC2)CC1. The summed E-state index contributed by atoms with van der Waals surface area (Å²) < 4.78 is 39.1. The van der Waals surface area contributed by atoms with E-state index in [1.165, 1.54) is 6.20 Å². The quantitative estimate of drug-likeness (QED) is 0.284. The number of ether oxygens (including phenoxy) is 2. The van der Waals surface area contributed by atoms with Gasteiger partial charge in [-0.15, -0.1) is 0 Å². The molecule has 3 saturated heterocycles. The van der Waals surface area contributed by atoms with E-state index in [0.717, 1.165) is 25.7 Å². The third-order valence-electron chi connectivity index (χ3n) is 8.96. The molecule has 256 valence electrons. The number of aromatic nitrogens is 5. The molecule has 1 saturated carbocycles. The largest absolute Gasteiger partial charge is 0.378 e. The van der Waals surface area contributed by atoms with Gasteiger partial charge in [0.1, 0.15) is 23.9 Å². The van der Waals surface area contributed by atoms with Crippen molar-refractivity contribution in [1.29, 1.82) is 5.26 Å². The van der Waals surface area contributed by atoms with Crippen LogP contribution in [0.3, 0.4) is 0 Å². The van der Waals surface area contributed by atoms with Crippen LogP contribution in [0.2, 0.25) is 0 Å². The lowest BCUT2D eigenvalue weighted by atomic mass is 9.97. The number of alkyl halides is 2. The summed E-state index contributed by atoms with van der Waals surface area (Å²) in [7, 11) is 0. The predicted molar refractivity (Wildman–Crippen MR) is 169 cm³/mol. The van der Waals surface area contributed by atoms with Crippen molar-refractivity contribution in [3.63, 3.8) is 0 Å². The highest BCUT2D eigenvalue weighted by molar-refractivity contribution is 5.97. The summed E-state index contributed by atoms with van der Waals surface area (Å²) in [5.74, 6) is 0.643. The molecule has 2 amide bonds. The summed E-state index contributed by atoms with van der Waals surface area (Å²) in [6, 6.07) is 2.05. The van der Waals surface area contributed by atoms with Crippen LogP contribution in [0, 0.1) is 23.2 Å². The third kappa shape index (κ3) is 8.11. The van der Waals surface area contributed by atoms with Gasteiger partial charge in [-0.05, 0) is 37.5 Å². The van der Waals surface area contributed by atoms with Crippen LogP contribution in [0.4, 0.5) is 26.6 Å². The maximum Gasteiger partial charge on any atom is 0.281 e. The van der Waals surface area contributed by atoms with Crippen LogP contribution in [0.1, 0.15) is 37.8 Å². The van der Waals surface area contributed by atoms with Crippen molar-refractivity contribution in [2.45, 2.75) is 32.1 Å². The maximum atomic E-state index is 13.9. The van der Waals surface area contributed by atoms with E-state index in [4.69, 9.17) is 15.2 Å². The van der Waals surface area contributed by atoms with Gasteiger partial charge in [0.15, 0.2) is 5.82 Å². The van der Waals surface area contributed by atoms with Crippen molar-refractivity contribution in [3.05, 3.63) is 23.5 Å². The Morgan fingerprint density at radius 3 is 2.25 bits per heavy atom. The van der Waals surface area contributed by atoms with Crippen molar-refractivity contribution >= 4 is 29.7 Å². The zero-order chi connectivity index (χ0) is 33.6. The van der Waals surface area contributed by atoms with E-state index in [2.05, 4.69) is 31.0 Å². The number of nitriles is 1. The lowest BCUT2D eigenvalue weighted by Crippen LogP contribution is -2.50. The van der Waals surface area contributed by atoms with Gasteiger partial charge in [-0.3, -0.25) is 9.59 Å². The summed E-state index contributed by atoms with van der Waals surface area (Å²) in [5, 5.41) is 9.38. The zero-order valence-electron chi connectivity index (χ0n) is 26.6. The average Bonchev–Trinajstić information content (AvgIpc) is 3.95. The smallest absolute Gasteiger partial charge is 0.281 e. The van der Waals surface area contributed by atoms with Crippen molar-refractivity contribution in [2.75, 3.05) is 94.3 Å². The number of piperazine rings is 1. The predicted octanol–water partition coefficient (Wildman–Crippen LogP) is 1.45. The van der Waals surface area contributed by atoms with E-state index >= 15 is 0 Å². The van der Waals surface area contributed by atoms with E-state index in [0.29, 0.717) is 90.0 Å². The standard InChI is InChI=1S/C31H39F2N11O4/c32-26(33)25-23(17-36-29(35)37-25)27-38-30(40-31(39-27)44-11-13-47-14-12-44)43-9-7-41(8-10-43)24(45)19-48-18-21-3-5-42(6-4-21)28(46)22(16-34)15-20-1-2-20/h15,17,20-21,26H,1-14,18-19H2,(H2,35,36,37)/b22-15-. The number of piperidine rings is 1. The van der Waals surface area contributed by atoms with Gasteiger partial charge in [0.05, 0.1) is 25.4 Å². The molecule has 2 aromatic heterocycles. The van der Waals surface area contributed by atoms with E-state index < -0.39 is 12.1 Å². The molecule has 2 N–H and O–H groups in total. The number of rotatable bonds is 10. The second-order valence-electron chi connectivity index (χ2n) is 12.3. The van der Waals surface area contributed by atoms with E-state index in [1.54, 1.807) is 15.9 Å². The maximum absolute atomic E-state index is 13.9. The number of allylic oxidation sites excluding steroid dienone is 1. The van der Waals surface area contributed by atoms with Gasteiger partial charge < -0.3 is 34.8 Å². The number of hydrogen-bond donors (Lipinski definition) is 1. The Morgan fingerprint density at radius 2 is 1.62 bits per heavy atom. The minimum absolute atomic E-state index is 0.0131. The molecule has 0 aromatic carbocycles. The number of morpholine rings is 1. The van der Waals surface area contributed by atoms with Crippen LogP contribution < -0.4 is 15.5 Å². The molecule has 0 radical (unpaired) electrons. The highest BCUT2D eigenvalue weighted by Crippen LogP contribution is 2.32. The van der Waals surface area contributed by atoms with Gasteiger partial charge in [0.25, 0.3) is 12.3 Å². The minimum Gasteiger partial charge on any atom is -0.378 e. The van der Waals surface area contributed by atoms with Crippen LogP contribution in [0.5, 0.6) is 0 Å². The zero-order valence-corrected chi connectivity index (χ0v) is 26.6. The second-order valence-corrected chi connectivity index (χ2v) is 12.3. The van der Waals surface area contributed by atoms with Crippen LogP contribution in [-0.4, -0.2) is 125 Å². The number of carbonyl (C=O) groups is 2. The van der Waals surface area contributed by atoms with Crippen molar-refractivity contribution in [2.24, 2.45) is 11.8 Å². The van der Waals surface area contributed by atoms with Crippen molar-refractivity contribution in [1.82, 2.24) is 34.7 Å². The Balaban J connectivity index is 1.02. The normalized spacial score (nSPS) is 19.5. The number of nitrogen functional groups attached to an aromatic ring is 1. The summed E-state index contributed by atoms with van der Waals surface area (Å²) in [5.41, 5.74) is 5.23. The van der Waals surface area contributed by atoms with E-state index in [9.17, 15) is 23.6 Å². The fourth-order valence-corrected chi connectivity index (χ4v) is 5.96. The number of amides is 2. The molecule has 2 aromatic rings. The average molecular weight is 668 g/mol. The van der Waals surface area contributed by atoms with Gasteiger partial charge in [-0.25, -0.2) is 18.7 Å². The summed E-state index contributed by atoms with van der Waals surface area (Å²) in [6.07, 6.45) is 3.67. The molecule has 6 rings (SSSR count). The van der Waals surface area contributed by atoms with Crippen LogP contribution in [0.25, 0.3) is 11.4 Å². The van der Waals surface area contributed by atoms with Gasteiger partial charge in [0, 0.05) is 58.6 Å². The molecule has 48 heavy (non-hydrogen) atoms. The van der Waals surface area contributed by atoms with Crippen molar-refractivity contribution < 1.29 is 27.8 Å². The molecule has 0 unspecified atom stereocenters. The molecular formula is C31H39F2N11O4. The number of carbonyl (C=O) groups excluding carboxylic acids is 2. The fourth-order valence-electron chi connectivity index (χ4n) is 5.96. The first kappa shape index (κ1) is 33.3. The van der Waals surface area contributed by atoms with Gasteiger partial charge in [0.2, 0.25) is 23.8 Å². The number of nitrogens with two attached hydrogens (primary N) is 1. The molecule has 4 aliphatic rings. The Bertz CT molecular complexity index is 1550. The first-order valence-corrected chi connectivity index (χ1v) is 16.3. The molecule has 3 aliphatic heterocycles. The topological polar surface area (TPSA) is 180 Å². The lowest BCUT2D eigenvalue weighted by Gasteiger charge is -2.35. The Kier molecular flexibility index (Phi) is 10.5. The van der Waals surface area contributed by atoms with Gasteiger partial charge >= 0.3 is 0 Å². The monoisotopic (exact) mass is 667 g/mol. The number of halogens is 2. The number of anilines is 3. The molecule has 0 spiro atoms. The first-order chi connectivity index (χ1) is 23.3. The Hall–Kier alpha value is -4.56. The minimum atomic E-state index is -2.91. The Labute approximate surface area is 276 Å².